The number of rotatable bonds is 3. The molecule has 1 saturated carbocycles. The summed E-state index contributed by atoms with van der Waals surface area (Å²) in [5.74, 6) is -0.164. The summed E-state index contributed by atoms with van der Waals surface area (Å²) in [4.78, 5) is 0. The molecule has 1 fully saturated rings. The van der Waals surface area contributed by atoms with Crippen LogP contribution in [0.1, 0.15) is 39.5 Å². The largest absolute Gasteiger partial charge is 0.417 e. The summed E-state index contributed by atoms with van der Waals surface area (Å²) in [6.45, 7) is 4.36. The molecule has 1 aliphatic rings. The topological polar surface area (TPSA) is 29.5 Å². The number of hydrogen-bond donors (Lipinski definition) is 1. The van der Waals surface area contributed by atoms with Crippen LogP contribution in [0.4, 0.5) is 13.2 Å². The molecule has 1 N–H and O–H groups in total. The van der Waals surface area contributed by atoms with Gasteiger partial charge in [-0.2, -0.15) is 13.2 Å². The fraction of sp³-hybridized carbons (Fsp3) is 1.00. The van der Waals surface area contributed by atoms with Gasteiger partial charge in [-0.25, -0.2) is 0 Å². The highest BCUT2D eigenvalue weighted by Crippen LogP contribution is 2.51. The Kier molecular flexibility index (Phi) is 4.14. The number of methoxy groups -OCH3 is 1. The monoisotopic (exact) mass is 254 g/mol. The smallest absolute Gasteiger partial charge is 0.385 e. The van der Waals surface area contributed by atoms with Crippen molar-refractivity contribution in [1.29, 1.82) is 0 Å². The number of hydrogen-bond acceptors (Lipinski definition) is 2. The van der Waals surface area contributed by atoms with Gasteiger partial charge in [0, 0.05) is 13.7 Å². The Labute approximate surface area is 100 Å². The second-order valence-electron chi connectivity index (χ2n) is 5.70. The van der Waals surface area contributed by atoms with Gasteiger partial charge >= 0.3 is 6.18 Å². The van der Waals surface area contributed by atoms with Gasteiger partial charge in [-0.05, 0) is 37.0 Å². The third-order valence-corrected chi connectivity index (χ3v) is 4.07. The molecule has 2 atom stereocenters. The van der Waals surface area contributed by atoms with Crippen LogP contribution < -0.4 is 0 Å². The standard InChI is InChI=1S/C12H21F3O2/c1-10(2)5-6-11(16,12(13,14)15)8-9(10)4-7-17-3/h9,16H,4-8H2,1-3H3. The Morgan fingerprint density at radius 2 is 1.88 bits per heavy atom. The van der Waals surface area contributed by atoms with E-state index >= 15 is 0 Å². The Balaban J connectivity index is 2.79. The van der Waals surface area contributed by atoms with E-state index in [0.717, 1.165) is 0 Å². The highest BCUT2D eigenvalue weighted by Gasteiger charge is 2.58. The fourth-order valence-corrected chi connectivity index (χ4v) is 2.53. The molecule has 0 saturated heterocycles. The molecule has 1 aliphatic carbocycles. The van der Waals surface area contributed by atoms with Crippen molar-refractivity contribution in [1.82, 2.24) is 0 Å². The maximum absolute atomic E-state index is 12.8. The van der Waals surface area contributed by atoms with Gasteiger partial charge < -0.3 is 9.84 Å². The Bertz CT molecular complexity index is 263. The van der Waals surface area contributed by atoms with Crippen LogP contribution in [-0.4, -0.2) is 30.6 Å². The van der Waals surface area contributed by atoms with Gasteiger partial charge in [0.2, 0.25) is 0 Å². The third kappa shape index (κ3) is 3.13. The predicted octanol–water partition coefficient (Wildman–Crippen LogP) is 3.14. The molecule has 1 rings (SSSR count). The molecule has 2 nitrogen and oxygen atoms in total. The van der Waals surface area contributed by atoms with E-state index in [9.17, 15) is 18.3 Å². The molecule has 102 valence electrons. The van der Waals surface area contributed by atoms with Gasteiger partial charge in [0.15, 0.2) is 5.60 Å². The molecule has 0 spiro atoms. The van der Waals surface area contributed by atoms with Crippen LogP contribution in [-0.2, 0) is 4.74 Å². The maximum Gasteiger partial charge on any atom is 0.417 e. The zero-order valence-electron chi connectivity index (χ0n) is 10.6. The van der Waals surface area contributed by atoms with E-state index in [-0.39, 0.29) is 24.2 Å². The first-order chi connectivity index (χ1) is 7.62. The Morgan fingerprint density at radius 3 is 2.35 bits per heavy atom. The molecule has 17 heavy (non-hydrogen) atoms. The summed E-state index contributed by atoms with van der Waals surface area (Å²) in [7, 11) is 1.53. The SMILES string of the molecule is COCCC1CC(O)(C(F)(F)F)CCC1(C)C. The van der Waals surface area contributed by atoms with E-state index in [2.05, 4.69) is 0 Å². The van der Waals surface area contributed by atoms with Crippen LogP contribution in [0.2, 0.25) is 0 Å². The molecule has 0 bridgehead atoms. The fourth-order valence-electron chi connectivity index (χ4n) is 2.53. The summed E-state index contributed by atoms with van der Waals surface area (Å²) in [5, 5.41) is 9.74. The highest BCUT2D eigenvalue weighted by atomic mass is 19.4. The third-order valence-electron chi connectivity index (χ3n) is 4.07. The van der Waals surface area contributed by atoms with Crippen molar-refractivity contribution in [3.8, 4) is 0 Å². The van der Waals surface area contributed by atoms with Gasteiger partial charge in [0.1, 0.15) is 0 Å². The van der Waals surface area contributed by atoms with Crippen LogP contribution in [0.15, 0.2) is 0 Å². The first-order valence-corrected chi connectivity index (χ1v) is 5.90. The molecule has 0 aromatic carbocycles. The van der Waals surface area contributed by atoms with E-state index in [4.69, 9.17) is 4.74 Å². The highest BCUT2D eigenvalue weighted by molar-refractivity contribution is 4.98. The van der Waals surface area contributed by atoms with E-state index in [1.807, 2.05) is 13.8 Å². The second kappa shape index (κ2) is 4.76. The van der Waals surface area contributed by atoms with Crippen molar-refractivity contribution in [2.24, 2.45) is 11.3 Å². The van der Waals surface area contributed by atoms with Crippen molar-refractivity contribution >= 4 is 0 Å². The first-order valence-electron chi connectivity index (χ1n) is 5.90. The van der Waals surface area contributed by atoms with E-state index < -0.39 is 11.8 Å². The molecular weight excluding hydrogens is 233 g/mol. The van der Waals surface area contributed by atoms with Crippen LogP contribution in [0.25, 0.3) is 0 Å². The van der Waals surface area contributed by atoms with Gasteiger partial charge in [-0.3, -0.25) is 0 Å². The zero-order chi connectivity index (χ0) is 13.3. The number of aliphatic hydroxyl groups is 1. The lowest BCUT2D eigenvalue weighted by Gasteiger charge is -2.46. The van der Waals surface area contributed by atoms with Gasteiger partial charge in [-0.1, -0.05) is 13.8 Å². The molecule has 0 aliphatic heterocycles. The van der Waals surface area contributed by atoms with E-state index in [1.54, 1.807) is 0 Å². The van der Waals surface area contributed by atoms with Crippen molar-refractivity contribution < 1.29 is 23.0 Å². The number of alkyl halides is 3. The molecule has 0 aromatic heterocycles. The summed E-state index contributed by atoms with van der Waals surface area (Å²) in [6.07, 6.45) is -4.01. The number of halogens is 3. The molecule has 0 aromatic rings. The lowest BCUT2D eigenvalue weighted by Crippen LogP contribution is -2.52. The quantitative estimate of drug-likeness (QED) is 0.838. The van der Waals surface area contributed by atoms with Crippen molar-refractivity contribution in [2.75, 3.05) is 13.7 Å². The minimum atomic E-state index is -4.53. The maximum atomic E-state index is 12.8. The minimum Gasteiger partial charge on any atom is -0.385 e. The molecule has 0 radical (unpaired) electrons. The molecule has 0 heterocycles. The number of ether oxygens (including phenoxy) is 1. The van der Waals surface area contributed by atoms with Crippen molar-refractivity contribution in [3.05, 3.63) is 0 Å². The Hall–Kier alpha value is -0.290. The van der Waals surface area contributed by atoms with Crippen LogP contribution >= 0.6 is 0 Å². The summed E-state index contributed by atoms with van der Waals surface area (Å²) in [5.41, 5.74) is -2.68. The van der Waals surface area contributed by atoms with Gasteiger partial charge in [-0.15, -0.1) is 0 Å². The van der Waals surface area contributed by atoms with Crippen LogP contribution in [0.5, 0.6) is 0 Å². The second-order valence-corrected chi connectivity index (χ2v) is 5.70. The predicted molar refractivity (Wildman–Crippen MR) is 58.6 cm³/mol. The van der Waals surface area contributed by atoms with Crippen LogP contribution in [0.3, 0.4) is 0 Å². The van der Waals surface area contributed by atoms with Gasteiger partial charge in [0.05, 0.1) is 0 Å². The van der Waals surface area contributed by atoms with Gasteiger partial charge in [0.25, 0.3) is 0 Å². The van der Waals surface area contributed by atoms with Crippen LogP contribution in [0, 0.1) is 11.3 Å². The van der Waals surface area contributed by atoms with Crippen molar-refractivity contribution in [2.45, 2.75) is 51.3 Å². The summed E-state index contributed by atoms with van der Waals surface area (Å²) >= 11 is 0. The summed E-state index contributed by atoms with van der Waals surface area (Å²) in [6, 6.07) is 0. The normalized spacial score (nSPS) is 33.7. The average molecular weight is 254 g/mol. The minimum absolute atomic E-state index is 0.164. The first kappa shape index (κ1) is 14.8. The van der Waals surface area contributed by atoms with Crippen molar-refractivity contribution in [3.63, 3.8) is 0 Å². The molecule has 2 unspecified atom stereocenters. The van der Waals surface area contributed by atoms with E-state index in [1.165, 1.54) is 7.11 Å². The molecule has 5 heteroatoms. The van der Waals surface area contributed by atoms with E-state index in [0.29, 0.717) is 19.4 Å². The average Bonchev–Trinajstić information content (AvgIpc) is 2.18. The zero-order valence-corrected chi connectivity index (χ0v) is 10.6. The lowest BCUT2D eigenvalue weighted by molar-refractivity contribution is -0.282. The Morgan fingerprint density at radius 1 is 1.29 bits per heavy atom. The molecular formula is C12H21F3O2. The lowest BCUT2D eigenvalue weighted by atomic mass is 9.62. The summed E-state index contributed by atoms with van der Waals surface area (Å²) < 4.78 is 43.3. The molecule has 0 amide bonds.